The SMILES string of the molecule is CCOc1ncccc1C(=O)N1CCN(Cc2cccc3ccccc23)CC1. The molecular formula is C23H25N3O2. The molecule has 1 aromatic heterocycles. The second-order valence-corrected chi connectivity index (χ2v) is 7.00. The average molecular weight is 375 g/mol. The molecule has 0 bridgehead atoms. The van der Waals surface area contributed by atoms with Gasteiger partial charge in [0.2, 0.25) is 5.88 Å². The van der Waals surface area contributed by atoms with E-state index in [1.54, 1.807) is 18.3 Å². The summed E-state index contributed by atoms with van der Waals surface area (Å²) < 4.78 is 5.52. The molecule has 2 heterocycles. The van der Waals surface area contributed by atoms with Crippen LogP contribution in [0.25, 0.3) is 10.8 Å². The molecule has 1 amide bonds. The molecule has 0 atom stereocenters. The van der Waals surface area contributed by atoms with E-state index in [2.05, 4.69) is 52.3 Å². The monoisotopic (exact) mass is 375 g/mol. The van der Waals surface area contributed by atoms with Gasteiger partial charge in [0.25, 0.3) is 5.91 Å². The normalized spacial score (nSPS) is 15.0. The highest BCUT2D eigenvalue weighted by Gasteiger charge is 2.25. The fourth-order valence-electron chi connectivity index (χ4n) is 3.76. The Hall–Kier alpha value is -2.92. The molecule has 3 aromatic rings. The van der Waals surface area contributed by atoms with Gasteiger partial charge in [0, 0.05) is 38.9 Å². The van der Waals surface area contributed by atoms with Crippen molar-refractivity contribution in [2.45, 2.75) is 13.5 Å². The topological polar surface area (TPSA) is 45.7 Å². The molecule has 1 fully saturated rings. The second-order valence-electron chi connectivity index (χ2n) is 7.00. The van der Waals surface area contributed by atoms with E-state index in [9.17, 15) is 4.79 Å². The van der Waals surface area contributed by atoms with E-state index in [1.165, 1.54) is 16.3 Å². The molecule has 0 spiro atoms. The number of rotatable bonds is 5. The standard InChI is InChI=1S/C23H25N3O2/c1-2-28-22-21(11-6-12-24-22)23(27)26-15-13-25(14-16-26)17-19-9-5-8-18-7-3-4-10-20(18)19/h3-12H,2,13-17H2,1H3. The van der Waals surface area contributed by atoms with Crippen molar-refractivity contribution in [1.29, 1.82) is 0 Å². The first-order valence-corrected chi connectivity index (χ1v) is 9.82. The van der Waals surface area contributed by atoms with E-state index in [0.29, 0.717) is 31.1 Å². The molecule has 0 aliphatic carbocycles. The number of benzene rings is 2. The van der Waals surface area contributed by atoms with Crippen LogP contribution in [0, 0.1) is 0 Å². The Bertz CT molecular complexity index is 959. The summed E-state index contributed by atoms with van der Waals surface area (Å²) in [5.74, 6) is 0.426. The van der Waals surface area contributed by atoms with Crippen LogP contribution in [-0.4, -0.2) is 53.5 Å². The first kappa shape index (κ1) is 18.4. The van der Waals surface area contributed by atoms with E-state index < -0.39 is 0 Å². The number of piperazine rings is 1. The van der Waals surface area contributed by atoms with Crippen molar-refractivity contribution in [2.75, 3.05) is 32.8 Å². The van der Waals surface area contributed by atoms with Crippen LogP contribution in [0.5, 0.6) is 5.88 Å². The zero-order valence-corrected chi connectivity index (χ0v) is 16.2. The number of aromatic nitrogens is 1. The molecule has 4 rings (SSSR count). The summed E-state index contributed by atoms with van der Waals surface area (Å²) in [6.07, 6.45) is 1.66. The van der Waals surface area contributed by atoms with Crippen LogP contribution in [0.4, 0.5) is 0 Å². The number of hydrogen-bond acceptors (Lipinski definition) is 4. The smallest absolute Gasteiger partial charge is 0.259 e. The third kappa shape index (κ3) is 3.85. The minimum atomic E-state index is 0.00126. The van der Waals surface area contributed by atoms with Crippen LogP contribution >= 0.6 is 0 Å². The third-order valence-corrected chi connectivity index (χ3v) is 5.22. The fraction of sp³-hybridized carbons (Fsp3) is 0.304. The van der Waals surface area contributed by atoms with Gasteiger partial charge in [-0.1, -0.05) is 42.5 Å². The number of amides is 1. The van der Waals surface area contributed by atoms with Gasteiger partial charge in [-0.15, -0.1) is 0 Å². The van der Waals surface area contributed by atoms with Gasteiger partial charge in [0.1, 0.15) is 5.56 Å². The number of fused-ring (bicyclic) bond motifs is 1. The van der Waals surface area contributed by atoms with E-state index in [0.717, 1.165) is 19.6 Å². The predicted octanol–water partition coefficient (Wildman–Crippen LogP) is 3.59. The summed E-state index contributed by atoms with van der Waals surface area (Å²) in [4.78, 5) is 21.4. The number of carbonyl (C=O) groups excluding carboxylic acids is 1. The lowest BCUT2D eigenvalue weighted by Gasteiger charge is -2.35. The van der Waals surface area contributed by atoms with Crippen molar-refractivity contribution in [3.63, 3.8) is 0 Å². The number of carbonyl (C=O) groups is 1. The van der Waals surface area contributed by atoms with Gasteiger partial charge in [0.15, 0.2) is 0 Å². The fourth-order valence-corrected chi connectivity index (χ4v) is 3.76. The van der Waals surface area contributed by atoms with Gasteiger partial charge >= 0.3 is 0 Å². The Balaban J connectivity index is 1.41. The highest BCUT2D eigenvalue weighted by Crippen LogP contribution is 2.22. The highest BCUT2D eigenvalue weighted by atomic mass is 16.5. The number of nitrogens with zero attached hydrogens (tertiary/aromatic N) is 3. The number of pyridine rings is 1. The van der Waals surface area contributed by atoms with Crippen LogP contribution < -0.4 is 4.74 Å². The number of ether oxygens (including phenoxy) is 1. The molecule has 0 radical (unpaired) electrons. The maximum absolute atomic E-state index is 12.9. The predicted molar refractivity (Wildman–Crippen MR) is 111 cm³/mol. The van der Waals surface area contributed by atoms with Gasteiger partial charge in [-0.25, -0.2) is 4.98 Å². The molecule has 0 unspecified atom stereocenters. The lowest BCUT2D eigenvalue weighted by molar-refractivity contribution is 0.0624. The Morgan fingerprint density at radius 2 is 1.79 bits per heavy atom. The van der Waals surface area contributed by atoms with E-state index in [-0.39, 0.29) is 5.91 Å². The van der Waals surface area contributed by atoms with Crippen molar-refractivity contribution in [3.05, 3.63) is 71.9 Å². The Morgan fingerprint density at radius 1 is 1.00 bits per heavy atom. The quantitative estimate of drug-likeness (QED) is 0.684. The van der Waals surface area contributed by atoms with Crippen LogP contribution in [0.15, 0.2) is 60.8 Å². The molecule has 5 heteroatoms. The van der Waals surface area contributed by atoms with Crippen LogP contribution in [0.1, 0.15) is 22.8 Å². The van der Waals surface area contributed by atoms with Crippen LogP contribution in [0.2, 0.25) is 0 Å². The molecule has 0 N–H and O–H groups in total. The summed E-state index contributed by atoms with van der Waals surface area (Å²) in [5, 5.41) is 2.58. The molecule has 5 nitrogen and oxygen atoms in total. The zero-order chi connectivity index (χ0) is 19.3. The Kier molecular flexibility index (Phi) is 5.53. The third-order valence-electron chi connectivity index (χ3n) is 5.22. The highest BCUT2D eigenvalue weighted by molar-refractivity contribution is 5.96. The van der Waals surface area contributed by atoms with Gasteiger partial charge in [-0.3, -0.25) is 9.69 Å². The van der Waals surface area contributed by atoms with Gasteiger partial charge < -0.3 is 9.64 Å². The minimum absolute atomic E-state index is 0.00126. The van der Waals surface area contributed by atoms with Crippen LogP contribution in [0.3, 0.4) is 0 Å². The van der Waals surface area contributed by atoms with E-state index in [4.69, 9.17) is 4.74 Å². The Morgan fingerprint density at radius 3 is 2.61 bits per heavy atom. The first-order chi connectivity index (χ1) is 13.8. The zero-order valence-electron chi connectivity index (χ0n) is 16.2. The maximum atomic E-state index is 12.9. The lowest BCUT2D eigenvalue weighted by atomic mass is 10.0. The Labute approximate surface area is 165 Å². The number of hydrogen-bond donors (Lipinski definition) is 0. The molecule has 144 valence electrons. The summed E-state index contributed by atoms with van der Waals surface area (Å²) >= 11 is 0. The molecule has 1 saturated heterocycles. The van der Waals surface area contributed by atoms with Crippen molar-refractivity contribution in [3.8, 4) is 5.88 Å². The second kappa shape index (κ2) is 8.40. The van der Waals surface area contributed by atoms with Gasteiger partial charge in [0.05, 0.1) is 6.61 Å². The van der Waals surface area contributed by atoms with E-state index in [1.807, 2.05) is 11.8 Å². The van der Waals surface area contributed by atoms with Crippen molar-refractivity contribution in [2.24, 2.45) is 0 Å². The maximum Gasteiger partial charge on any atom is 0.259 e. The molecule has 28 heavy (non-hydrogen) atoms. The first-order valence-electron chi connectivity index (χ1n) is 9.82. The largest absolute Gasteiger partial charge is 0.477 e. The molecular weight excluding hydrogens is 350 g/mol. The molecule has 1 aliphatic heterocycles. The van der Waals surface area contributed by atoms with E-state index >= 15 is 0 Å². The minimum Gasteiger partial charge on any atom is -0.477 e. The summed E-state index contributed by atoms with van der Waals surface area (Å²) in [7, 11) is 0. The van der Waals surface area contributed by atoms with Crippen LogP contribution in [-0.2, 0) is 6.54 Å². The van der Waals surface area contributed by atoms with Crippen molar-refractivity contribution in [1.82, 2.24) is 14.8 Å². The molecule has 2 aromatic carbocycles. The summed E-state index contributed by atoms with van der Waals surface area (Å²) in [6.45, 7) is 6.44. The summed E-state index contributed by atoms with van der Waals surface area (Å²) in [5.41, 5.74) is 1.88. The molecule has 1 aliphatic rings. The summed E-state index contributed by atoms with van der Waals surface area (Å²) in [6, 6.07) is 18.5. The van der Waals surface area contributed by atoms with Crippen molar-refractivity contribution < 1.29 is 9.53 Å². The van der Waals surface area contributed by atoms with Gasteiger partial charge in [-0.2, -0.15) is 0 Å². The molecule has 0 saturated carbocycles. The average Bonchev–Trinajstić information content (AvgIpc) is 2.75. The van der Waals surface area contributed by atoms with Gasteiger partial charge in [-0.05, 0) is 35.4 Å². The van der Waals surface area contributed by atoms with Crippen molar-refractivity contribution >= 4 is 16.7 Å². The lowest BCUT2D eigenvalue weighted by Crippen LogP contribution is -2.48.